The van der Waals surface area contributed by atoms with Crippen molar-refractivity contribution in [2.75, 3.05) is 0 Å². The van der Waals surface area contributed by atoms with Crippen molar-refractivity contribution in [3.05, 3.63) is 65.0 Å². The molecular formula is C27H28F8N2O3S. The predicted molar refractivity (Wildman–Crippen MR) is 132 cm³/mol. The van der Waals surface area contributed by atoms with Crippen LogP contribution < -0.4 is 11.1 Å². The molecule has 0 heterocycles. The maximum absolute atomic E-state index is 15.0. The van der Waals surface area contributed by atoms with Gasteiger partial charge >= 0.3 is 18.0 Å². The number of sulfone groups is 1. The summed E-state index contributed by atoms with van der Waals surface area (Å²) >= 11 is 0. The average molecular weight is 613 g/mol. The fourth-order valence-corrected chi connectivity index (χ4v) is 8.58. The molecule has 0 unspecified atom stereocenters. The Hall–Kier alpha value is -2.74. The number of fused-ring (bicyclic) bond motifs is 3. The van der Waals surface area contributed by atoms with Gasteiger partial charge in [0.2, 0.25) is 5.91 Å². The van der Waals surface area contributed by atoms with Gasteiger partial charge in [0, 0.05) is 17.5 Å². The number of carbonyl (C=O) groups excluding carboxylic acids is 1. The van der Waals surface area contributed by atoms with E-state index >= 15 is 0 Å². The van der Waals surface area contributed by atoms with Gasteiger partial charge in [0.1, 0.15) is 10.6 Å². The SMILES string of the molecule is CC(C)(N)C(=O)N[C@@H]1CC[C@@]2(S(=O)(=O)c3ccc(F)cc3)c3ccc(C(F)(C(F)(F)F)C(F)(F)F)cc3CCC[C@@H]12. The summed E-state index contributed by atoms with van der Waals surface area (Å²) < 4.78 is 137. The Balaban J connectivity index is 1.96. The molecule has 1 fully saturated rings. The predicted octanol–water partition coefficient (Wildman–Crippen LogP) is 5.75. The quantitative estimate of drug-likeness (QED) is 0.333. The first-order valence-corrected chi connectivity index (χ1v) is 14.2. The van der Waals surface area contributed by atoms with Crippen molar-refractivity contribution < 1.29 is 48.3 Å². The second kappa shape index (κ2) is 9.92. The molecule has 2 aromatic carbocycles. The summed E-state index contributed by atoms with van der Waals surface area (Å²) in [6.45, 7) is 2.88. The monoisotopic (exact) mass is 612 g/mol. The number of alkyl halides is 7. The van der Waals surface area contributed by atoms with E-state index in [-0.39, 0.29) is 48.1 Å². The van der Waals surface area contributed by atoms with E-state index < -0.39 is 67.4 Å². The van der Waals surface area contributed by atoms with Gasteiger partial charge in [-0.25, -0.2) is 17.2 Å². The van der Waals surface area contributed by atoms with Crippen LogP contribution in [0.25, 0.3) is 0 Å². The highest BCUT2D eigenvalue weighted by Gasteiger charge is 2.73. The molecule has 0 radical (unpaired) electrons. The van der Waals surface area contributed by atoms with Gasteiger partial charge in [0.25, 0.3) is 0 Å². The minimum Gasteiger partial charge on any atom is -0.351 e. The van der Waals surface area contributed by atoms with Crippen LogP contribution in [0, 0.1) is 11.7 Å². The highest BCUT2D eigenvalue weighted by Crippen LogP contribution is 2.58. The topological polar surface area (TPSA) is 89.3 Å². The standard InChI is InChI=1S/C27H28F8N2O3S/c1-23(2,36)22(38)37-21-12-13-24(41(39,40)18-9-7-17(28)8-10-18)19-11-6-16(14-15(19)4-3-5-20(21)24)25(29,26(30,31)32)27(33,34)35/h6-11,14,20-21H,3-5,12-13,36H2,1-2H3,(H,37,38)/t20-,21+,24+/m0/s1. The minimum absolute atomic E-state index is 0.0801. The van der Waals surface area contributed by atoms with Gasteiger partial charge in [0.15, 0.2) is 9.84 Å². The molecule has 1 saturated carbocycles. The summed E-state index contributed by atoms with van der Waals surface area (Å²) in [7, 11) is -4.51. The molecule has 0 spiro atoms. The van der Waals surface area contributed by atoms with Crippen LogP contribution in [-0.4, -0.2) is 38.3 Å². The van der Waals surface area contributed by atoms with E-state index in [0.29, 0.717) is 12.1 Å². The van der Waals surface area contributed by atoms with E-state index in [1.807, 2.05) is 0 Å². The van der Waals surface area contributed by atoms with E-state index in [9.17, 15) is 48.3 Å². The summed E-state index contributed by atoms with van der Waals surface area (Å²) in [6.07, 6.45) is -12.7. The van der Waals surface area contributed by atoms with Crippen LogP contribution in [0.3, 0.4) is 0 Å². The van der Waals surface area contributed by atoms with Crippen molar-refractivity contribution in [1.29, 1.82) is 0 Å². The van der Waals surface area contributed by atoms with Crippen LogP contribution >= 0.6 is 0 Å². The zero-order valence-corrected chi connectivity index (χ0v) is 22.8. The third kappa shape index (κ3) is 4.90. The molecule has 2 aliphatic carbocycles. The molecule has 4 rings (SSSR count). The normalized spacial score (nSPS) is 23.9. The van der Waals surface area contributed by atoms with E-state index in [1.165, 1.54) is 13.8 Å². The summed E-state index contributed by atoms with van der Waals surface area (Å²) in [5.41, 5.74) is -3.10. The Morgan fingerprint density at radius 3 is 2.07 bits per heavy atom. The van der Waals surface area contributed by atoms with Crippen molar-refractivity contribution in [2.24, 2.45) is 11.7 Å². The molecule has 41 heavy (non-hydrogen) atoms. The van der Waals surface area contributed by atoms with E-state index in [1.54, 1.807) is 0 Å². The number of hydrogen-bond acceptors (Lipinski definition) is 4. The molecule has 5 nitrogen and oxygen atoms in total. The van der Waals surface area contributed by atoms with Gasteiger partial charge in [-0.1, -0.05) is 18.2 Å². The highest BCUT2D eigenvalue weighted by atomic mass is 32.2. The molecular weight excluding hydrogens is 584 g/mol. The second-order valence-electron chi connectivity index (χ2n) is 11.2. The molecule has 3 N–H and O–H groups in total. The highest BCUT2D eigenvalue weighted by molar-refractivity contribution is 7.92. The second-order valence-corrected chi connectivity index (χ2v) is 13.4. The van der Waals surface area contributed by atoms with Crippen LogP contribution in [0.2, 0.25) is 0 Å². The van der Waals surface area contributed by atoms with Gasteiger partial charge < -0.3 is 11.1 Å². The number of aryl methyl sites for hydroxylation is 1. The molecule has 0 bridgehead atoms. The fraction of sp³-hybridized carbons (Fsp3) is 0.519. The van der Waals surface area contributed by atoms with E-state index in [2.05, 4.69) is 5.32 Å². The molecule has 226 valence electrons. The number of nitrogens with one attached hydrogen (secondary N) is 1. The van der Waals surface area contributed by atoms with Crippen molar-refractivity contribution in [2.45, 2.75) is 85.2 Å². The summed E-state index contributed by atoms with van der Waals surface area (Å²) in [6, 6.07) is 4.66. The molecule has 0 aromatic heterocycles. The summed E-state index contributed by atoms with van der Waals surface area (Å²) in [5.74, 6) is -2.20. The van der Waals surface area contributed by atoms with Crippen LogP contribution in [0.4, 0.5) is 35.1 Å². The number of nitrogens with two attached hydrogens (primary N) is 1. The number of hydrogen-bond donors (Lipinski definition) is 2. The molecule has 2 aliphatic rings. The number of carbonyl (C=O) groups is 1. The van der Waals surface area contributed by atoms with Crippen LogP contribution in [0.15, 0.2) is 47.4 Å². The largest absolute Gasteiger partial charge is 0.435 e. The Bertz CT molecular complexity index is 1420. The lowest BCUT2D eigenvalue weighted by atomic mass is 9.82. The first kappa shape index (κ1) is 31.2. The fourth-order valence-electron chi connectivity index (χ4n) is 6.11. The third-order valence-electron chi connectivity index (χ3n) is 8.12. The number of halogens is 8. The number of rotatable bonds is 5. The Morgan fingerprint density at radius 2 is 1.54 bits per heavy atom. The van der Waals surface area contributed by atoms with Crippen LogP contribution in [0.1, 0.15) is 56.2 Å². The Morgan fingerprint density at radius 1 is 0.951 bits per heavy atom. The first-order chi connectivity index (χ1) is 18.7. The van der Waals surface area contributed by atoms with Crippen molar-refractivity contribution in [1.82, 2.24) is 5.32 Å². The zero-order chi connectivity index (χ0) is 30.8. The smallest absolute Gasteiger partial charge is 0.351 e. The lowest BCUT2D eigenvalue weighted by Gasteiger charge is -2.38. The molecule has 0 saturated heterocycles. The average Bonchev–Trinajstić information content (AvgIpc) is 3.11. The Labute approximate surface area is 231 Å². The van der Waals surface area contributed by atoms with Crippen molar-refractivity contribution in [3.8, 4) is 0 Å². The minimum atomic E-state index is -6.34. The molecule has 1 amide bonds. The maximum atomic E-state index is 15.0. The van der Waals surface area contributed by atoms with E-state index in [4.69, 9.17) is 5.73 Å². The summed E-state index contributed by atoms with van der Waals surface area (Å²) in [4.78, 5) is 12.4. The van der Waals surface area contributed by atoms with Gasteiger partial charge in [0.05, 0.1) is 10.4 Å². The van der Waals surface area contributed by atoms with Crippen molar-refractivity contribution >= 4 is 15.7 Å². The zero-order valence-electron chi connectivity index (χ0n) is 22.0. The lowest BCUT2D eigenvalue weighted by molar-refractivity contribution is -0.348. The van der Waals surface area contributed by atoms with Gasteiger partial charge in [-0.15, -0.1) is 0 Å². The molecule has 3 atom stereocenters. The summed E-state index contributed by atoms with van der Waals surface area (Å²) in [5, 5.41) is 2.76. The van der Waals surface area contributed by atoms with Gasteiger partial charge in [-0.2, -0.15) is 26.3 Å². The molecule has 0 aliphatic heterocycles. The lowest BCUT2D eigenvalue weighted by Crippen LogP contribution is -2.54. The number of amides is 1. The molecule has 2 aromatic rings. The van der Waals surface area contributed by atoms with Crippen molar-refractivity contribution in [3.63, 3.8) is 0 Å². The molecule has 14 heteroatoms. The van der Waals surface area contributed by atoms with Crippen LogP contribution in [-0.2, 0) is 31.5 Å². The maximum Gasteiger partial charge on any atom is 0.435 e. The van der Waals surface area contributed by atoms with Gasteiger partial charge in [-0.05, 0) is 81.3 Å². The first-order valence-electron chi connectivity index (χ1n) is 12.7. The number of benzene rings is 2. The van der Waals surface area contributed by atoms with Gasteiger partial charge in [-0.3, -0.25) is 4.79 Å². The van der Waals surface area contributed by atoms with E-state index in [0.717, 1.165) is 30.3 Å². The Kier molecular flexibility index (Phi) is 7.55. The third-order valence-corrected chi connectivity index (χ3v) is 10.7. The van der Waals surface area contributed by atoms with Crippen LogP contribution in [0.5, 0.6) is 0 Å².